The lowest BCUT2D eigenvalue weighted by molar-refractivity contribution is 0.430. The van der Waals surface area contributed by atoms with E-state index in [1.54, 1.807) is 0 Å². The molecule has 1 aliphatic rings. The number of thioether (sulfide) groups is 1. The van der Waals surface area contributed by atoms with Crippen molar-refractivity contribution in [1.29, 1.82) is 0 Å². The SMILES string of the molecule is Cc1ccc(SC[C@@H]2CCCCN2)nc1. The largest absolute Gasteiger partial charge is 0.313 e. The van der Waals surface area contributed by atoms with Gasteiger partial charge in [0.15, 0.2) is 0 Å². The summed E-state index contributed by atoms with van der Waals surface area (Å²) in [6.45, 7) is 3.26. The highest BCUT2D eigenvalue weighted by molar-refractivity contribution is 7.99. The normalized spacial score (nSPS) is 21.5. The van der Waals surface area contributed by atoms with E-state index in [-0.39, 0.29) is 0 Å². The first-order valence-electron chi connectivity index (χ1n) is 5.63. The van der Waals surface area contributed by atoms with Crippen molar-refractivity contribution in [2.45, 2.75) is 37.3 Å². The van der Waals surface area contributed by atoms with Gasteiger partial charge < -0.3 is 5.32 Å². The Morgan fingerprint density at radius 2 is 2.40 bits per heavy atom. The third-order valence-corrected chi connectivity index (χ3v) is 3.84. The average Bonchev–Trinajstić information content (AvgIpc) is 2.30. The van der Waals surface area contributed by atoms with Crippen LogP contribution < -0.4 is 5.32 Å². The Bertz CT molecular complexity index is 291. The van der Waals surface area contributed by atoms with Gasteiger partial charge in [-0.1, -0.05) is 12.5 Å². The van der Waals surface area contributed by atoms with Crippen LogP contribution in [0.5, 0.6) is 0 Å². The third kappa shape index (κ3) is 3.50. The van der Waals surface area contributed by atoms with Crippen molar-refractivity contribution in [1.82, 2.24) is 10.3 Å². The number of hydrogen-bond acceptors (Lipinski definition) is 3. The van der Waals surface area contributed by atoms with Gasteiger partial charge in [0, 0.05) is 18.0 Å². The summed E-state index contributed by atoms with van der Waals surface area (Å²) in [5.41, 5.74) is 1.23. The monoisotopic (exact) mass is 222 g/mol. The molecule has 1 aromatic heterocycles. The van der Waals surface area contributed by atoms with Crippen molar-refractivity contribution in [3.8, 4) is 0 Å². The first-order valence-corrected chi connectivity index (χ1v) is 6.62. The zero-order chi connectivity index (χ0) is 10.5. The molecule has 3 heteroatoms. The molecule has 0 unspecified atom stereocenters. The molecule has 1 fully saturated rings. The molecule has 82 valence electrons. The second-order valence-corrected chi connectivity index (χ2v) is 5.17. The molecule has 0 aromatic carbocycles. The molecule has 2 nitrogen and oxygen atoms in total. The molecular weight excluding hydrogens is 204 g/mol. The van der Waals surface area contributed by atoms with Crippen LogP contribution in [-0.4, -0.2) is 23.3 Å². The molecule has 2 heterocycles. The van der Waals surface area contributed by atoms with Crippen molar-refractivity contribution >= 4 is 11.8 Å². The molecule has 0 saturated carbocycles. The molecular formula is C12H18N2S. The Morgan fingerprint density at radius 1 is 1.47 bits per heavy atom. The average molecular weight is 222 g/mol. The third-order valence-electron chi connectivity index (χ3n) is 2.73. The van der Waals surface area contributed by atoms with Crippen LogP contribution in [0.3, 0.4) is 0 Å². The van der Waals surface area contributed by atoms with Crippen LogP contribution >= 0.6 is 11.8 Å². The number of hydrogen-bond donors (Lipinski definition) is 1. The molecule has 0 amide bonds. The summed E-state index contributed by atoms with van der Waals surface area (Å²) in [6, 6.07) is 4.93. The molecule has 0 aliphatic carbocycles. The Kier molecular flexibility index (Phi) is 4.03. The van der Waals surface area contributed by atoms with Crippen molar-refractivity contribution in [2.75, 3.05) is 12.3 Å². The predicted molar refractivity (Wildman–Crippen MR) is 65.3 cm³/mol. The summed E-state index contributed by atoms with van der Waals surface area (Å²) in [7, 11) is 0. The lowest BCUT2D eigenvalue weighted by Crippen LogP contribution is -2.35. The number of nitrogens with one attached hydrogen (secondary N) is 1. The lowest BCUT2D eigenvalue weighted by Gasteiger charge is -2.22. The summed E-state index contributed by atoms with van der Waals surface area (Å²) in [5.74, 6) is 1.15. The molecule has 1 saturated heterocycles. The van der Waals surface area contributed by atoms with E-state index in [2.05, 4.69) is 29.4 Å². The summed E-state index contributed by atoms with van der Waals surface area (Å²) < 4.78 is 0. The van der Waals surface area contributed by atoms with Gasteiger partial charge in [-0.25, -0.2) is 4.98 Å². The topological polar surface area (TPSA) is 24.9 Å². The minimum atomic E-state index is 0.687. The number of rotatable bonds is 3. The number of nitrogens with zero attached hydrogens (tertiary/aromatic N) is 1. The maximum Gasteiger partial charge on any atom is 0.0960 e. The van der Waals surface area contributed by atoms with Gasteiger partial charge in [-0.15, -0.1) is 11.8 Å². The first-order chi connectivity index (χ1) is 7.34. The van der Waals surface area contributed by atoms with Gasteiger partial charge in [0.2, 0.25) is 0 Å². The first kappa shape index (κ1) is 11.0. The van der Waals surface area contributed by atoms with Crippen LogP contribution in [0.25, 0.3) is 0 Å². The van der Waals surface area contributed by atoms with Gasteiger partial charge >= 0.3 is 0 Å². The minimum Gasteiger partial charge on any atom is -0.313 e. The van der Waals surface area contributed by atoms with Gasteiger partial charge in [-0.2, -0.15) is 0 Å². The van der Waals surface area contributed by atoms with Gasteiger partial charge in [0.1, 0.15) is 0 Å². The fourth-order valence-electron chi connectivity index (χ4n) is 1.79. The molecule has 1 N–H and O–H groups in total. The van der Waals surface area contributed by atoms with Crippen molar-refractivity contribution in [2.24, 2.45) is 0 Å². The molecule has 1 atom stereocenters. The number of pyridine rings is 1. The van der Waals surface area contributed by atoms with Crippen molar-refractivity contribution in [3.05, 3.63) is 23.9 Å². The van der Waals surface area contributed by atoms with E-state index in [1.165, 1.54) is 31.4 Å². The Hall–Kier alpha value is -0.540. The van der Waals surface area contributed by atoms with Gasteiger partial charge in [0.25, 0.3) is 0 Å². The molecule has 15 heavy (non-hydrogen) atoms. The minimum absolute atomic E-state index is 0.687. The quantitative estimate of drug-likeness (QED) is 0.796. The molecule has 1 aliphatic heterocycles. The second kappa shape index (κ2) is 5.52. The Labute approximate surface area is 95.9 Å². The van der Waals surface area contributed by atoms with Crippen LogP contribution in [0.15, 0.2) is 23.4 Å². The van der Waals surface area contributed by atoms with Crippen LogP contribution in [0.2, 0.25) is 0 Å². The van der Waals surface area contributed by atoms with E-state index < -0.39 is 0 Å². The van der Waals surface area contributed by atoms with E-state index in [4.69, 9.17) is 0 Å². The fourth-order valence-corrected chi connectivity index (χ4v) is 2.74. The molecule has 1 aromatic rings. The number of aromatic nitrogens is 1. The molecule has 0 bridgehead atoms. The summed E-state index contributed by atoms with van der Waals surface area (Å²) in [6.07, 6.45) is 5.97. The van der Waals surface area contributed by atoms with Crippen molar-refractivity contribution in [3.63, 3.8) is 0 Å². The van der Waals surface area contributed by atoms with Crippen molar-refractivity contribution < 1.29 is 0 Å². The summed E-state index contributed by atoms with van der Waals surface area (Å²) in [4.78, 5) is 4.40. The Morgan fingerprint density at radius 3 is 3.07 bits per heavy atom. The highest BCUT2D eigenvalue weighted by Gasteiger charge is 2.12. The summed E-state index contributed by atoms with van der Waals surface area (Å²) in [5, 5.41) is 4.70. The van der Waals surface area contributed by atoms with E-state index in [1.807, 2.05) is 18.0 Å². The van der Waals surface area contributed by atoms with Gasteiger partial charge in [-0.05, 0) is 37.9 Å². The second-order valence-electron chi connectivity index (χ2n) is 4.13. The van der Waals surface area contributed by atoms with E-state index in [0.29, 0.717) is 6.04 Å². The van der Waals surface area contributed by atoms with Crippen LogP contribution in [0.1, 0.15) is 24.8 Å². The molecule has 0 radical (unpaired) electrons. The molecule has 2 rings (SSSR count). The fraction of sp³-hybridized carbons (Fsp3) is 0.583. The zero-order valence-electron chi connectivity index (χ0n) is 9.20. The standard InChI is InChI=1S/C12H18N2S/c1-10-5-6-12(14-8-10)15-9-11-4-2-3-7-13-11/h5-6,8,11,13H,2-4,7,9H2,1H3/t11-/m0/s1. The maximum absolute atomic E-state index is 4.40. The highest BCUT2D eigenvalue weighted by atomic mass is 32.2. The lowest BCUT2D eigenvalue weighted by atomic mass is 10.1. The Balaban J connectivity index is 1.79. The van der Waals surface area contributed by atoms with E-state index in [0.717, 1.165) is 10.8 Å². The van der Waals surface area contributed by atoms with E-state index in [9.17, 15) is 0 Å². The molecule has 0 spiro atoms. The van der Waals surface area contributed by atoms with Crippen LogP contribution in [0.4, 0.5) is 0 Å². The number of piperidine rings is 1. The summed E-state index contributed by atoms with van der Waals surface area (Å²) >= 11 is 1.86. The smallest absolute Gasteiger partial charge is 0.0960 e. The van der Waals surface area contributed by atoms with Crippen LogP contribution in [-0.2, 0) is 0 Å². The zero-order valence-corrected chi connectivity index (χ0v) is 10.0. The number of aryl methyl sites for hydroxylation is 1. The maximum atomic E-state index is 4.40. The predicted octanol–water partition coefficient (Wildman–Crippen LogP) is 2.62. The van der Waals surface area contributed by atoms with E-state index >= 15 is 0 Å². The highest BCUT2D eigenvalue weighted by Crippen LogP contribution is 2.19. The van der Waals surface area contributed by atoms with Gasteiger partial charge in [0.05, 0.1) is 5.03 Å². The van der Waals surface area contributed by atoms with Crippen LogP contribution in [0, 0.1) is 6.92 Å². The van der Waals surface area contributed by atoms with Gasteiger partial charge in [-0.3, -0.25) is 0 Å².